The van der Waals surface area contributed by atoms with Gasteiger partial charge < -0.3 is 29.5 Å². The minimum absolute atomic E-state index is 0.0529. The van der Waals surface area contributed by atoms with Gasteiger partial charge in [-0.15, -0.1) is 0 Å². The zero-order valence-electron chi connectivity index (χ0n) is 25.3. The van der Waals surface area contributed by atoms with E-state index in [-0.39, 0.29) is 18.4 Å². The Balaban J connectivity index is 1.17. The van der Waals surface area contributed by atoms with Crippen LogP contribution in [0.2, 0.25) is 0 Å². The van der Waals surface area contributed by atoms with Crippen molar-refractivity contribution >= 4 is 33.7 Å². The third-order valence-electron chi connectivity index (χ3n) is 9.44. The molecule has 2 fully saturated rings. The average Bonchev–Trinajstić information content (AvgIpc) is 3.44. The Kier molecular flexibility index (Phi) is 8.75. The van der Waals surface area contributed by atoms with E-state index in [1.165, 1.54) is 6.07 Å². The molecular formula is C35H41N3O6. The predicted molar refractivity (Wildman–Crippen MR) is 169 cm³/mol. The summed E-state index contributed by atoms with van der Waals surface area (Å²) in [6.07, 6.45) is 9.29. The first-order chi connectivity index (χ1) is 21.3. The first kappa shape index (κ1) is 29.9. The van der Waals surface area contributed by atoms with Crippen LogP contribution in [-0.2, 0) is 22.4 Å². The molecule has 44 heavy (non-hydrogen) atoms. The van der Waals surface area contributed by atoms with Crippen LogP contribution in [0.25, 0.3) is 21.9 Å². The lowest BCUT2D eigenvalue weighted by atomic mass is 9.71. The van der Waals surface area contributed by atoms with Crippen molar-refractivity contribution in [3.8, 4) is 5.75 Å². The molecule has 9 nitrogen and oxygen atoms in total. The molecule has 0 bridgehead atoms. The molecule has 3 heterocycles. The highest BCUT2D eigenvalue weighted by Crippen LogP contribution is 2.40. The summed E-state index contributed by atoms with van der Waals surface area (Å²) in [5.74, 6) is -0.122. The number of aliphatic hydroxyl groups is 1. The van der Waals surface area contributed by atoms with Crippen LogP contribution in [0.15, 0.2) is 63.9 Å². The monoisotopic (exact) mass is 599 g/mol. The van der Waals surface area contributed by atoms with Crippen LogP contribution >= 0.6 is 0 Å². The number of piperidine rings is 1. The molecule has 1 saturated carbocycles. The number of fused-ring (bicyclic) bond motifs is 3. The number of amides is 2. The molecule has 3 atom stereocenters. The Morgan fingerprint density at radius 1 is 1.14 bits per heavy atom. The number of unbranched alkanes of at least 4 members (excludes halogenated alkanes) is 1. The number of hydrogen-bond acceptors (Lipinski definition) is 6. The van der Waals surface area contributed by atoms with Crippen LogP contribution < -0.4 is 15.7 Å². The summed E-state index contributed by atoms with van der Waals surface area (Å²) in [5.41, 5.74) is 2.14. The fourth-order valence-corrected chi connectivity index (χ4v) is 6.97. The van der Waals surface area contributed by atoms with E-state index < -0.39 is 23.2 Å². The second-order valence-corrected chi connectivity index (χ2v) is 12.4. The molecule has 4 aromatic rings. The summed E-state index contributed by atoms with van der Waals surface area (Å²) >= 11 is 0. The number of nitrogens with one attached hydrogen (secondary N) is 2. The van der Waals surface area contributed by atoms with Crippen molar-refractivity contribution in [1.29, 1.82) is 0 Å². The lowest BCUT2D eigenvalue weighted by molar-refractivity contribution is -0.147. The smallest absolute Gasteiger partial charge is 0.336 e. The molecule has 2 amide bonds. The summed E-state index contributed by atoms with van der Waals surface area (Å²) in [6.45, 7) is 2.76. The number of carbonyl (C=O) groups is 2. The quantitative estimate of drug-likeness (QED) is 0.223. The summed E-state index contributed by atoms with van der Waals surface area (Å²) in [5, 5.41) is 16.0. The first-order valence-electron chi connectivity index (χ1n) is 15.9. The van der Waals surface area contributed by atoms with Crippen LogP contribution in [-0.4, -0.2) is 58.1 Å². The van der Waals surface area contributed by atoms with Gasteiger partial charge in [0.05, 0.1) is 5.60 Å². The first-order valence-corrected chi connectivity index (χ1v) is 15.9. The molecule has 232 valence electrons. The Bertz CT molecular complexity index is 1710. The zero-order valence-corrected chi connectivity index (χ0v) is 25.3. The van der Waals surface area contributed by atoms with E-state index in [4.69, 9.17) is 9.15 Å². The Labute approximate surface area is 256 Å². The van der Waals surface area contributed by atoms with Crippen molar-refractivity contribution < 1.29 is 23.8 Å². The maximum atomic E-state index is 14.0. The Morgan fingerprint density at radius 3 is 2.86 bits per heavy atom. The standard InChI is InChI=1S/C35H41N3O6/c1-2-3-8-23-18-33(40)44-31-19-26(12-13-28(23)31)43-22-32(39)37-30(17-24-20-36-29-11-5-4-10-27(24)29)34(41)38-16-15-35(42)14-7-6-9-25(35)21-38/h4-5,10-13,18-20,25,30,36,42H,2-3,6-9,14-17,21-22H2,1H3,(H,37,39)/t25-,30+,35-/m1/s1. The molecule has 1 aliphatic heterocycles. The lowest BCUT2D eigenvalue weighted by Gasteiger charge is -2.48. The van der Waals surface area contributed by atoms with E-state index >= 15 is 0 Å². The number of nitrogens with zero attached hydrogens (tertiary/aromatic N) is 1. The van der Waals surface area contributed by atoms with Gasteiger partial charge in [-0.3, -0.25) is 9.59 Å². The third-order valence-corrected chi connectivity index (χ3v) is 9.44. The number of rotatable bonds is 10. The summed E-state index contributed by atoms with van der Waals surface area (Å²) in [4.78, 5) is 44.4. The molecule has 2 aromatic heterocycles. The van der Waals surface area contributed by atoms with Crippen molar-refractivity contribution in [3.63, 3.8) is 0 Å². The van der Waals surface area contributed by atoms with Gasteiger partial charge >= 0.3 is 5.63 Å². The number of aromatic nitrogens is 1. The molecule has 0 spiro atoms. The maximum absolute atomic E-state index is 14.0. The predicted octanol–water partition coefficient (Wildman–Crippen LogP) is 4.88. The van der Waals surface area contributed by atoms with Crippen LogP contribution in [0.3, 0.4) is 0 Å². The minimum atomic E-state index is -0.796. The highest BCUT2D eigenvalue weighted by molar-refractivity contribution is 5.90. The number of carbonyl (C=O) groups excluding carboxylic acids is 2. The molecule has 9 heteroatoms. The summed E-state index contributed by atoms with van der Waals surface area (Å²) in [6, 6.07) is 13.9. The highest BCUT2D eigenvalue weighted by atomic mass is 16.5. The topological polar surface area (TPSA) is 125 Å². The van der Waals surface area contributed by atoms with Gasteiger partial charge in [-0.05, 0) is 61.4 Å². The van der Waals surface area contributed by atoms with Gasteiger partial charge in [0, 0.05) is 60.0 Å². The van der Waals surface area contributed by atoms with Crippen molar-refractivity contribution in [3.05, 3.63) is 76.3 Å². The second-order valence-electron chi connectivity index (χ2n) is 12.4. The van der Waals surface area contributed by atoms with Gasteiger partial charge in [-0.1, -0.05) is 44.4 Å². The number of likely N-dealkylation sites (tertiary alicyclic amines) is 1. The summed E-state index contributed by atoms with van der Waals surface area (Å²) < 4.78 is 11.2. The molecular weight excluding hydrogens is 558 g/mol. The molecule has 0 unspecified atom stereocenters. The van der Waals surface area contributed by atoms with Crippen molar-refractivity contribution in [2.45, 2.75) is 76.4 Å². The fourth-order valence-electron chi connectivity index (χ4n) is 6.97. The minimum Gasteiger partial charge on any atom is -0.484 e. The molecule has 2 aliphatic rings. The van der Waals surface area contributed by atoms with Crippen LogP contribution in [0, 0.1) is 5.92 Å². The van der Waals surface area contributed by atoms with Crippen molar-refractivity contribution in [1.82, 2.24) is 15.2 Å². The Hall–Kier alpha value is -4.11. The van der Waals surface area contributed by atoms with Crippen molar-refractivity contribution in [2.75, 3.05) is 19.7 Å². The SMILES string of the molecule is CCCCc1cc(=O)oc2cc(OCC(=O)N[C@@H](Cc3c[nH]c4ccccc34)C(=O)N3CC[C@]4(O)CCCC[C@@H]4C3)ccc12. The third kappa shape index (κ3) is 6.38. The molecule has 6 rings (SSSR count). The average molecular weight is 600 g/mol. The highest BCUT2D eigenvalue weighted by Gasteiger charge is 2.44. The number of benzene rings is 2. The number of aryl methyl sites for hydroxylation is 1. The molecule has 1 aliphatic carbocycles. The maximum Gasteiger partial charge on any atom is 0.336 e. The number of hydrogen-bond donors (Lipinski definition) is 3. The second kappa shape index (κ2) is 12.9. The molecule has 3 N–H and O–H groups in total. The number of ether oxygens (including phenoxy) is 1. The molecule has 2 aromatic carbocycles. The van der Waals surface area contributed by atoms with E-state index in [2.05, 4.69) is 17.2 Å². The normalized spacial score (nSPS) is 20.8. The van der Waals surface area contributed by atoms with E-state index in [1.807, 2.05) is 41.4 Å². The van der Waals surface area contributed by atoms with E-state index in [1.54, 1.807) is 12.1 Å². The van der Waals surface area contributed by atoms with Crippen molar-refractivity contribution in [2.24, 2.45) is 5.92 Å². The molecule has 0 radical (unpaired) electrons. The Morgan fingerprint density at radius 2 is 2.00 bits per heavy atom. The number of aromatic amines is 1. The van der Waals surface area contributed by atoms with Gasteiger partial charge in [-0.2, -0.15) is 0 Å². The van der Waals surface area contributed by atoms with Gasteiger partial charge in [0.15, 0.2) is 6.61 Å². The van der Waals surface area contributed by atoms with Gasteiger partial charge in [-0.25, -0.2) is 4.79 Å². The summed E-state index contributed by atoms with van der Waals surface area (Å²) in [7, 11) is 0. The van der Waals surface area contributed by atoms with Crippen LogP contribution in [0.4, 0.5) is 0 Å². The van der Waals surface area contributed by atoms with Crippen LogP contribution in [0.5, 0.6) is 5.75 Å². The van der Waals surface area contributed by atoms with E-state index in [9.17, 15) is 19.5 Å². The molecule has 1 saturated heterocycles. The van der Waals surface area contributed by atoms with E-state index in [0.717, 1.165) is 72.4 Å². The zero-order chi connectivity index (χ0) is 30.7. The van der Waals surface area contributed by atoms with Gasteiger partial charge in [0.2, 0.25) is 5.91 Å². The lowest BCUT2D eigenvalue weighted by Crippen LogP contribution is -2.58. The van der Waals surface area contributed by atoms with Crippen LogP contribution in [0.1, 0.15) is 63.0 Å². The number of para-hydroxylation sites is 1. The fraction of sp³-hybridized carbons (Fsp3) is 0.457. The van der Waals surface area contributed by atoms with E-state index in [0.29, 0.717) is 37.3 Å². The van der Waals surface area contributed by atoms with Gasteiger partial charge in [0.25, 0.3) is 5.91 Å². The largest absolute Gasteiger partial charge is 0.484 e. The van der Waals surface area contributed by atoms with Gasteiger partial charge in [0.1, 0.15) is 17.4 Å². The number of H-pyrrole nitrogens is 1.